The van der Waals surface area contributed by atoms with Crippen LogP contribution in [0.4, 0.5) is 4.79 Å². The molecule has 1 aliphatic heterocycles. The quantitative estimate of drug-likeness (QED) is 0.829. The van der Waals surface area contributed by atoms with Crippen LogP contribution in [0.15, 0.2) is 24.3 Å². The second-order valence-electron chi connectivity index (χ2n) is 7.60. The number of nitrogens with one attached hydrogen (secondary N) is 1. The minimum atomic E-state index is -0.453. The molecule has 136 valence electrons. The summed E-state index contributed by atoms with van der Waals surface area (Å²) in [6, 6.07) is 10.2. The lowest BCUT2D eigenvalue weighted by atomic mass is 9.87. The topological polar surface area (TPSA) is 65.4 Å². The molecule has 0 bridgehead atoms. The SMILES string of the molecule is CC(C)(C)OC(=O)NCCCN1CCC(c2ccccc2C#N)CC1. The number of amides is 1. The van der Waals surface area contributed by atoms with Crippen molar-refractivity contribution in [1.82, 2.24) is 10.2 Å². The summed E-state index contributed by atoms with van der Waals surface area (Å²) in [7, 11) is 0. The number of carbonyl (C=O) groups is 1. The molecule has 1 saturated heterocycles. The molecule has 1 aromatic carbocycles. The van der Waals surface area contributed by atoms with Crippen molar-refractivity contribution in [3.8, 4) is 6.07 Å². The Morgan fingerprint density at radius 3 is 2.64 bits per heavy atom. The molecule has 25 heavy (non-hydrogen) atoms. The van der Waals surface area contributed by atoms with Gasteiger partial charge in [-0.1, -0.05) is 18.2 Å². The predicted octanol–water partition coefficient (Wildman–Crippen LogP) is 3.65. The highest BCUT2D eigenvalue weighted by molar-refractivity contribution is 5.67. The van der Waals surface area contributed by atoms with E-state index in [0.29, 0.717) is 12.5 Å². The molecule has 1 heterocycles. The smallest absolute Gasteiger partial charge is 0.407 e. The van der Waals surface area contributed by atoms with Gasteiger partial charge in [0.15, 0.2) is 0 Å². The monoisotopic (exact) mass is 343 g/mol. The van der Waals surface area contributed by atoms with Crippen molar-refractivity contribution in [1.29, 1.82) is 5.26 Å². The van der Waals surface area contributed by atoms with Gasteiger partial charge in [-0.3, -0.25) is 0 Å². The maximum Gasteiger partial charge on any atom is 0.407 e. The molecule has 1 fully saturated rings. The fourth-order valence-electron chi connectivity index (χ4n) is 3.23. The van der Waals surface area contributed by atoms with Crippen LogP contribution >= 0.6 is 0 Å². The average molecular weight is 343 g/mol. The van der Waals surface area contributed by atoms with Crippen molar-refractivity contribution in [3.63, 3.8) is 0 Å². The summed E-state index contributed by atoms with van der Waals surface area (Å²) in [4.78, 5) is 14.0. The van der Waals surface area contributed by atoms with Crippen LogP contribution in [0.1, 0.15) is 57.1 Å². The zero-order chi connectivity index (χ0) is 18.3. The van der Waals surface area contributed by atoms with Gasteiger partial charge in [0.25, 0.3) is 0 Å². The van der Waals surface area contributed by atoms with E-state index in [1.165, 1.54) is 5.56 Å². The van der Waals surface area contributed by atoms with Gasteiger partial charge in [0.2, 0.25) is 0 Å². The first kappa shape index (κ1) is 19.3. The summed E-state index contributed by atoms with van der Waals surface area (Å²) >= 11 is 0. The summed E-state index contributed by atoms with van der Waals surface area (Å²) in [5, 5.41) is 12.1. The molecule has 1 aliphatic rings. The molecular weight excluding hydrogens is 314 g/mol. The molecule has 5 heteroatoms. The molecule has 0 atom stereocenters. The third-order valence-electron chi connectivity index (χ3n) is 4.43. The van der Waals surface area contributed by atoms with Crippen LogP contribution in [0, 0.1) is 11.3 Å². The Bertz CT molecular complexity index is 608. The number of benzene rings is 1. The number of ether oxygens (including phenoxy) is 1. The maximum absolute atomic E-state index is 11.6. The summed E-state index contributed by atoms with van der Waals surface area (Å²) in [6.45, 7) is 9.27. The molecule has 1 amide bonds. The van der Waals surface area contributed by atoms with E-state index in [4.69, 9.17) is 4.74 Å². The van der Waals surface area contributed by atoms with Gasteiger partial charge >= 0.3 is 6.09 Å². The highest BCUT2D eigenvalue weighted by Crippen LogP contribution is 2.30. The highest BCUT2D eigenvalue weighted by Gasteiger charge is 2.22. The average Bonchev–Trinajstić information content (AvgIpc) is 2.58. The fraction of sp³-hybridized carbons (Fsp3) is 0.600. The van der Waals surface area contributed by atoms with E-state index in [-0.39, 0.29) is 6.09 Å². The van der Waals surface area contributed by atoms with Crippen molar-refractivity contribution in [2.45, 2.75) is 51.6 Å². The lowest BCUT2D eigenvalue weighted by molar-refractivity contribution is 0.0525. The molecule has 0 saturated carbocycles. The van der Waals surface area contributed by atoms with Gasteiger partial charge in [0, 0.05) is 6.54 Å². The fourth-order valence-corrected chi connectivity index (χ4v) is 3.23. The Kier molecular flexibility index (Phi) is 6.83. The molecule has 0 aromatic heterocycles. The Labute approximate surface area is 151 Å². The minimum Gasteiger partial charge on any atom is -0.444 e. The van der Waals surface area contributed by atoms with Gasteiger partial charge in [-0.25, -0.2) is 4.79 Å². The molecule has 0 radical (unpaired) electrons. The van der Waals surface area contributed by atoms with E-state index in [0.717, 1.165) is 44.5 Å². The molecule has 1 N–H and O–H groups in total. The molecule has 0 unspecified atom stereocenters. The molecule has 0 spiro atoms. The second-order valence-corrected chi connectivity index (χ2v) is 7.60. The predicted molar refractivity (Wildman–Crippen MR) is 98.4 cm³/mol. The van der Waals surface area contributed by atoms with Gasteiger partial charge in [-0.2, -0.15) is 5.26 Å². The molecule has 5 nitrogen and oxygen atoms in total. The first-order valence-corrected chi connectivity index (χ1v) is 9.07. The number of nitriles is 1. The molecule has 0 aliphatic carbocycles. The normalized spacial score (nSPS) is 16.2. The van der Waals surface area contributed by atoms with E-state index in [2.05, 4.69) is 22.4 Å². The van der Waals surface area contributed by atoms with Crippen molar-refractivity contribution >= 4 is 6.09 Å². The minimum absolute atomic E-state index is 0.348. The van der Waals surface area contributed by atoms with Crippen LogP contribution in [-0.4, -0.2) is 42.8 Å². The Morgan fingerprint density at radius 2 is 2.00 bits per heavy atom. The first-order chi connectivity index (χ1) is 11.9. The Hall–Kier alpha value is -2.06. The number of hydrogen-bond donors (Lipinski definition) is 1. The number of rotatable bonds is 5. The lowest BCUT2D eigenvalue weighted by Crippen LogP contribution is -2.37. The largest absolute Gasteiger partial charge is 0.444 e. The van der Waals surface area contributed by atoms with Crippen LogP contribution in [0.3, 0.4) is 0 Å². The van der Waals surface area contributed by atoms with E-state index in [9.17, 15) is 10.1 Å². The van der Waals surface area contributed by atoms with E-state index in [1.54, 1.807) is 0 Å². The molecular formula is C20H29N3O2. The second kappa shape index (κ2) is 8.87. The van der Waals surface area contributed by atoms with Crippen molar-refractivity contribution in [2.75, 3.05) is 26.2 Å². The first-order valence-electron chi connectivity index (χ1n) is 9.07. The van der Waals surface area contributed by atoms with Gasteiger partial charge in [-0.05, 0) is 77.2 Å². The van der Waals surface area contributed by atoms with Crippen molar-refractivity contribution in [3.05, 3.63) is 35.4 Å². The number of carbonyl (C=O) groups excluding carboxylic acids is 1. The zero-order valence-corrected chi connectivity index (χ0v) is 15.5. The zero-order valence-electron chi connectivity index (χ0n) is 15.5. The number of piperidine rings is 1. The number of likely N-dealkylation sites (tertiary alicyclic amines) is 1. The lowest BCUT2D eigenvalue weighted by Gasteiger charge is -2.32. The maximum atomic E-state index is 11.6. The number of alkyl carbamates (subject to hydrolysis) is 1. The Balaban J connectivity index is 1.68. The standard InChI is InChI=1S/C20H29N3O2/c1-20(2,3)25-19(24)22-11-6-12-23-13-9-16(10-14-23)18-8-5-4-7-17(18)15-21/h4-5,7-8,16H,6,9-14H2,1-3H3,(H,22,24). The van der Waals surface area contributed by atoms with Crippen molar-refractivity contribution in [2.24, 2.45) is 0 Å². The summed E-state index contributed by atoms with van der Waals surface area (Å²) in [5.41, 5.74) is 1.55. The van der Waals surface area contributed by atoms with Gasteiger partial charge in [0.05, 0.1) is 11.6 Å². The summed E-state index contributed by atoms with van der Waals surface area (Å²) in [5.74, 6) is 0.479. The summed E-state index contributed by atoms with van der Waals surface area (Å²) in [6.07, 6.45) is 2.73. The third-order valence-corrected chi connectivity index (χ3v) is 4.43. The Morgan fingerprint density at radius 1 is 1.32 bits per heavy atom. The van der Waals surface area contributed by atoms with Crippen LogP contribution in [-0.2, 0) is 4.74 Å². The number of hydrogen-bond acceptors (Lipinski definition) is 4. The molecule has 1 aromatic rings. The van der Waals surface area contributed by atoms with Crippen LogP contribution in [0.5, 0.6) is 0 Å². The van der Waals surface area contributed by atoms with Crippen molar-refractivity contribution < 1.29 is 9.53 Å². The van der Waals surface area contributed by atoms with Gasteiger partial charge in [-0.15, -0.1) is 0 Å². The van der Waals surface area contributed by atoms with Crippen LogP contribution < -0.4 is 5.32 Å². The summed E-state index contributed by atoms with van der Waals surface area (Å²) < 4.78 is 5.22. The third kappa shape index (κ3) is 6.39. The highest BCUT2D eigenvalue weighted by atomic mass is 16.6. The van der Waals surface area contributed by atoms with Crippen LogP contribution in [0.25, 0.3) is 0 Å². The van der Waals surface area contributed by atoms with Gasteiger partial charge < -0.3 is 15.0 Å². The van der Waals surface area contributed by atoms with E-state index >= 15 is 0 Å². The number of nitrogens with zero attached hydrogens (tertiary/aromatic N) is 2. The van der Waals surface area contributed by atoms with E-state index in [1.807, 2.05) is 39.0 Å². The van der Waals surface area contributed by atoms with Crippen LogP contribution in [0.2, 0.25) is 0 Å². The van der Waals surface area contributed by atoms with E-state index < -0.39 is 5.60 Å². The van der Waals surface area contributed by atoms with Gasteiger partial charge in [0.1, 0.15) is 5.60 Å². The molecule has 2 rings (SSSR count).